The molecule has 72 valence electrons. The van der Waals surface area contributed by atoms with Crippen LogP contribution in [0.5, 0.6) is 0 Å². The highest BCUT2D eigenvalue weighted by Crippen LogP contribution is 2.15. The van der Waals surface area contributed by atoms with E-state index in [9.17, 15) is 4.79 Å². The highest BCUT2D eigenvalue weighted by molar-refractivity contribution is 5.71. The van der Waals surface area contributed by atoms with E-state index in [0.717, 1.165) is 23.2 Å². The van der Waals surface area contributed by atoms with Crippen LogP contribution < -0.4 is 5.73 Å². The van der Waals surface area contributed by atoms with E-state index in [1.807, 2.05) is 13.1 Å². The molecule has 1 heterocycles. The van der Waals surface area contributed by atoms with Crippen LogP contribution in [0.3, 0.4) is 0 Å². The third-order valence-electron chi connectivity index (χ3n) is 2.09. The zero-order valence-electron chi connectivity index (χ0n) is 7.63. The smallest absolute Gasteiger partial charge is 0.307 e. The van der Waals surface area contributed by atoms with Gasteiger partial charge in [-0.05, 0) is 17.5 Å². The van der Waals surface area contributed by atoms with E-state index in [-0.39, 0.29) is 6.42 Å². The van der Waals surface area contributed by atoms with Crippen LogP contribution >= 0.6 is 0 Å². The van der Waals surface area contributed by atoms with E-state index >= 15 is 0 Å². The highest BCUT2D eigenvalue weighted by atomic mass is 16.4. The Labute approximate surface area is 76.8 Å². The van der Waals surface area contributed by atoms with Crippen LogP contribution in [0.25, 0.3) is 0 Å². The predicted molar refractivity (Wildman–Crippen MR) is 49.4 cm³/mol. The lowest BCUT2D eigenvalue weighted by atomic mass is 10.1. The van der Waals surface area contributed by atoms with Crippen LogP contribution in [-0.4, -0.2) is 16.1 Å². The molecule has 0 aromatic carbocycles. The molecule has 0 aliphatic carbocycles. The summed E-state index contributed by atoms with van der Waals surface area (Å²) >= 11 is 0. The molecule has 0 aliphatic heterocycles. The lowest BCUT2D eigenvalue weighted by Crippen LogP contribution is -2.07. The van der Waals surface area contributed by atoms with Crippen molar-refractivity contribution in [1.29, 1.82) is 0 Å². The van der Waals surface area contributed by atoms with E-state index in [1.165, 1.54) is 0 Å². The van der Waals surface area contributed by atoms with Gasteiger partial charge in [-0.3, -0.25) is 4.79 Å². The third-order valence-corrected chi connectivity index (χ3v) is 2.09. The minimum atomic E-state index is -0.816. The van der Waals surface area contributed by atoms with Crippen molar-refractivity contribution in [2.45, 2.75) is 26.3 Å². The van der Waals surface area contributed by atoms with Gasteiger partial charge in [0.1, 0.15) is 0 Å². The Bertz CT molecular complexity index is 283. The number of aryl methyl sites for hydroxylation is 1. The van der Waals surface area contributed by atoms with Gasteiger partial charge in [0.05, 0.1) is 6.42 Å². The first kappa shape index (κ1) is 9.80. The van der Waals surface area contributed by atoms with Gasteiger partial charge in [0.25, 0.3) is 0 Å². The van der Waals surface area contributed by atoms with Gasteiger partial charge in [0.2, 0.25) is 0 Å². The summed E-state index contributed by atoms with van der Waals surface area (Å²) < 4.78 is 0. The summed E-state index contributed by atoms with van der Waals surface area (Å²) in [5.41, 5.74) is 8.19. The van der Waals surface area contributed by atoms with Crippen LogP contribution in [0.1, 0.15) is 23.7 Å². The molecule has 0 saturated heterocycles. The van der Waals surface area contributed by atoms with Crippen LogP contribution in [0.2, 0.25) is 0 Å². The van der Waals surface area contributed by atoms with Crippen molar-refractivity contribution in [3.05, 3.63) is 23.0 Å². The molecule has 0 spiro atoms. The SMILES string of the molecule is CCc1c[nH]c(CN)c1CC(=O)O. The minimum Gasteiger partial charge on any atom is -0.481 e. The summed E-state index contributed by atoms with van der Waals surface area (Å²) in [7, 11) is 0. The van der Waals surface area contributed by atoms with Crippen molar-refractivity contribution in [3.8, 4) is 0 Å². The first-order chi connectivity index (χ1) is 6.19. The zero-order chi connectivity index (χ0) is 9.84. The van der Waals surface area contributed by atoms with Crippen LogP contribution in [0.15, 0.2) is 6.20 Å². The van der Waals surface area contributed by atoms with Gasteiger partial charge < -0.3 is 15.8 Å². The topological polar surface area (TPSA) is 79.1 Å². The largest absolute Gasteiger partial charge is 0.481 e. The van der Waals surface area contributed by atoms with Crippen molar-refractivity contribution in [2.24, 2.45) is 5.73 Å². The quantitative estimate of drug-likeness (QED) is 0.640. The normalized spacial score (nSPS) is 10.3. The second-order valence-electron chi connectivity index (χ2n) is 2.90. The van der Waals surface area contributed by atoms with Crippen LogP contribution in [-0.2, 0) is 24.2 Å². The van der Waals surface area contributed by atoms with E-state index in [2.05, 4.69) is 4.98 Å². The number of hydrogen-bond acceptors (Lipinski definition) is 2. The molecule has 1 aromatic heterocycles. The Hall–Kier alpha value is -1.29. The molecule has 0 saturated carbocycles. The van der Waals surface area contributed by atoms with Crippen molar-refractivity contribution in [3.63, 3.8) is 0 Å². The molecule has 13 heavy (non-hydrogen) atoms. The average Bonchev–Trinajstić information content (AvgIpc) is 2.46. The number of hydrogen-bond donors (Lipinski definition) is 3. The summed E-state index contributed by atoms with van der Waals surface area (Å²) in [6.07, 6.45) is 2.72. The number of nitrogens with one attached hydrogen (secondary N) is 1. The lowest BCUT2D eigenvalue weighted by Gasteiger charge is -2.00. The zero-order valence-corrected chi connectivity index (χ0v) is 7.63. The van der Waals surface area contributed by atoms with Gasteiger partial charge in [-0.2, -0.15) is 0 Å². The Balaban J connectivity index is 2.97. The first-order valence-corrected chi connectivity index (χ1v) is 4.28. The summed E-state index contributed by atoms with van der Waals surface area (Å²) in [6, 6.07) is 0. The number of aliphatic carboxylic acids is 1. The molecule has 4 nitrogen and oxygen atoms in total. The number of nitrogens with two attached hydrogens (primary N) is 1. The molecule has 4 N–H and O–H groups in total. The van der Waals surface area contributed by atoms with E-state index < -0.39 is 5.97 Å². The molecule has 0 fully saturated rings. The van der Waals surface area contributed by atoms with Crippen molar-refractivity contribution in [2.75, 3.05) is 0 Å². The Kier molecular flexibility index (Phi) is 3.08. The molecule has 0 amide bonds. The maximum atomic E-state index is 10.5. The summed E-state index contributed by atoms with van der Waals surface area (Å²) in [5.74, 6) is -0.816. The molecule has 4 heteroatoms. The molecule has 0 aliphatic rings. The van der Waals surface area contributed by atoms with Gasteiger partial charge in [0.15, 0.2) is 0 Å². The molecule has 0 bridgehead atoms. The second-order valence-corrected chi connectivity index (χ2v) is 2.90. The van der Waals surface area contributed by atoms with E-state index in [1.54, 1.807) is 0 Å². The number of rotatable bonds is 4. The number of carboxylic acid groups (broad SMARTS) is 1. The molecule has 0 atom stereocenters. The fourth-order valence-corrected chi connectivity index (χ4v) is 1.41. The monoisotopic (exact) mass is 182 g/mol. The van der Waals surface area contributed by atoms with Crippen molar-refractivity contribution < 1.29 is 9.90 Å². The van der Waals surface area contributed by atoms with Gasteiger partial charge in [-0.1, -0.05) is 6.92 Å². The number of aromatic nitrogens is 1. The van der Waals surface area contributed by atoms with Gasteiger partial charge >= 0.3 is 5.97 Å². The summed E-state index contributed by atoms with van der Waals surface area (Å²) in [4.78, 5) is 13.5. The lowest BCUT2D eigenvalue weighted by molar-refractivity contribution is -0.136. The van der Waals surface area contributed by atoms with Gasteiger partial charge in [-0.15, -0.1) is 0 Å². The molecular formula is C9H14N2O2. The van der Waals surface area contributed by atoms with E-state index in [0.29, 0.717) is 6.54 Å². The Morgan fingerprint density at radius 1 is 1.69 bits per heavy atom. The minimum absolute atomic E-state index is 0.0548. The van der Waals surface area contributed by atoms with Crippen LogP contribution in [0.4, 0.5) is 0 Å². The average molecular weight is 182 g/mol. The van der Waals surface area contributed by atoms with Crippen molar-refractivity contribution >= 4 is 5.97 Å². The number of H-pyrrole nitrogens is 1. The third kappa shape index (κ3) is 2.09. The first-order valence-electron chi connectivity index (χ1n) is 4.28. The molecular weight excluding hydrogens is 168 g/mol. The van der Waals surface area contributed by atoms with Gasteiger partial charge in [-0.25, -0.2) is 0 Å². The van der Waals surface area contributed by atoms with Crippen molar-refractivity contribution in [1.82, 2.24) is 4.98 Å². The standard InChI is InChI=1S/C9H14N2O2/c1-2-6-5-11-8(4-10)7(6)3-9(12)13/h5,11H,2-4,10H2,1H3,(H,12,13). The molecule has 0 radical (unpaired) electrons. The van der Waals surface area contributed by atoms with Crippen LogP contribution in [0, 0.1) is 0 Å². The number of carboxylic acids is 1. The maximum Gasteiger partial charge on any atom is 0.307 e. The maximum absolute atomic E-state index is 10.5. The fraction of sp³-hybridized carbons (Fsp3) is 0.444. The van der Waals surface area contributed by atoms with E-state index in [4.69, 9.17) is 10.8 Å². The van der Waals surface area contributed by atoms with Gasteiger partial charge in [0, 0.05) is 18.4 Å². The fourth-order valence-electron chi connectivity index (χ4n) is 1.41. The Morgan fingerprint density at radius 2 is 2.38 bits per heavy atom. The molecule has 1 rings (SSSR count). The Morgan fingerprint density at radius 3 is 2.85 bits per heavy atom. The second kappa shape index (κ2) is 4.09. The number of aromatic amines is 1. The molecule has 0 unspecified atom stereocenters. The molecule has 1 aromatic rings. The summed E-state index contributed by atoms with van der Waals surface area (Å²) in [5, 5.41) is 8.67. The number of carbonyl (C=O) groups is 1. The highest BCUT2D eigenvalue weighted by Gasteiger charge is 2.11. The summed E-state index contributed by atoms with van der Waals surface area (Å²) in [6.45, 7) is 2.36. The predicted octanol–water partition coefficient (Wildman–Crippen LogP) is 0.663.